The Labute approximate surface area is 115 Å². The van der Waals surface area contributed by atoms with Crippen LogP contribution in [0, 0.1) is 5.92 Å². The van der Waals surface area contributed by atoms with E-state index in [1.807, 2.05) is 20.9 Å². The van der Waals surface area contributed by atoms with Crippen LogP contribution in [0.2, 0.25) is 0 Å². The average Bonchev–Trinajstić information content (AvgIpc) is 2.73. The summed E-state index contributed by atoms with van der Waals surface area (Å²) in [5.41, 5.74) is 0. The summed E-state index contributed by atoms with van der Waals surface area (Å²) in [6.07, 6.45) is 1.18. The van der Waals surface area contributed by atoms with Crippen LogP contribution in [0.1, 0.15) is 34.1 Å². The highest BCUT2D eigenvalue weighted by atomic mass is 32.2. The van der Waals surface area contributed by atoms with Gasteiger partial charge in [0.1, 0.15) is 6.04 Å². The highest BCUT2D eigenvalue weighted by Gasteiger charge is 2.24. The Balaban J connectivity index is 2.38. The van der Waals surface area contributed by atoms with Gasteiger partial charge >= 0.3 is 0 Å². The first-order valence-corrected chi connectivity index (χ1v) is 7.54. The minimum absolute atomic E-state index is 0.119. The Morgan fingerprint density at radius 1 is 1.56 bits per heavy atom. The Hall–Kier alpha value is -0.710. The van der Waals surface area contributed by atoms with Crippen molar-refractivity contribution in [1.29, 1.82) is 0 Å². The number of amides is 1. The van der Waals surface area contributed by atoms with Crippen molar-refractivity contribution in [2.45, 2.75) is 45.4 Å². The van der Waals surface area contributed by atoms with Crippen molar-refractivity contribution < 1.29 is 4.79 Å². The lowest BCUT2D eigenvalue weighted by Crippen LogP contribution is -2.44. The molecule has 1 amide bonds. The molecule has 0 spiro atoms. The lowest BCUT2D eigenvalue weighted by atomic mass is 10.1. The molecular formula is C13H25N3OS. The number of nitrogens with zero attached hydrogens (tertiary/aromatic N) is 2. The number of carbonyl (C=O) groups is 1. The van der Waals surface area contributed by atoms with Gasteiger partial charge in [0.15, 0.2) is 5.17 Å². The van der Waals surface area contributed by atoms with Gasteiger partial charge in [-0.25, -0.2) is 0 Å². The van der Waals surface area contributed by atoms with Gasteiger partial charge in [-0.05, 0) is 26.2 Å². The third-order valence-corrected chi connectivity index (χ3v) is 4.16. The molecule has 0 aliphatic carbocycles. The zero-order valence-corrected chi connectivity index (χ0v) is 12.9. The molecule has 0 bridgehead atoms. The summed E-state index contributed by atoms with van der Waals surface area (Å²) in [5, 5.41) is 4.71. The average molecular weight is 271 g/mol. The molecule has 104 valence electrons. The number of likely N-dealkylation sites (N-methyl/N-ethyl adjacent to an activating group) is 1. The van der Waals surface area contributed by atoms with Crippen molar-refractivity contribution >= 4 is 22.8 Å². The molecule has 5 heteroatoms. The summed E-state index contributed by atoms with van der Waals surface area (Å²) >= 11 is 1.77. The van der Waals surface area contributed by atoms with E-state index in [1.54, 1.807) is 16.7 Å². The number of hydrogen-bond acceptors (Lipinski definition) is 4. The Morgan fingerprint density at radius 3 is 2.78 bits per heavy atom. The third kappa shape index (κ3) is 4.52. The van der Waals surface area contributed by atoms with E-state index in [1.165, 1.54) is 6.42 Å². The van der Waals surface area contributed by atoms with Crippen molar-refractivity contribution in [1.82, 2.24) is 10.2 Å². The second-order valence-corrected chi connectivity index (χ2v) is 6.52. The van der Waals surface area contributed by atoms with Crippen LogP contribution in [0.4, 0.5) is 0 Å². The lowest BCUT2D eigenvalue weighted by molar-refractivity contribution is -0.131. The van der Waals surface area contributed by atoms with Crippen molar-refractivity contribution in [2.24, 2.45) is 10.9 Å². The Kier molecular flexibility index (Phi) is 5.99. The lowest BCUT2D eigenvalue weighted by Gasteiger charge is -2.21. The number of nitrogens with one attached hydrogen (secondary N) is 1. The zero-order valence-electron chi connectivity index (χ0n) is 12.1. The van der Waals surface area contributed by atoms with E-state index in [0.717, 1.165) is 18.3 Å². The van der Waals surface area contributed by atoms with Crippen molar-refractivity contribution in [3.05, 3.63) is 0 Å². The predicted molar refractivity (Wildman–Crippen MR) is 79.0 cm³/mol. The van der Waals surface area contributed by atoms with Crippen LogP contribution in [0.5, 0.6) is 0 Å². The maximum atomic E-state index is 11.9. The van der Waals surface area contributed by atoms with Crippen molar-refractivity contribution in [2.75, 3.05) is 20.1 Å². The van der Waals surface area contributed by atoms with Crippen LogP contribution in [-0.2, 0) is 4.79 Å². The fraction of sp³-hybridized carbons (Fsp3) is 0.846. The van der Waals surface area contributed by atoms with Crippen molar-refractivity contribution in [3.63, 3.8) is 0 Å². The third-order valence-electron chi connectivity index (χ3n) is 3.01. The van der Waals surface area contributed by atoms with E-state index >= 15 is 0 Å². The normalized spacial score (nSPS) is 20.8. The second-order valence-electron chi connectivity index (χ2n) is 5.23. The zero-order chi connectivity index (χ0) is 13.7. The second kappa shape index (κ2) is 7.02. The summed E-state index contributed by atoms with van der Waals surface area (Å²) in [6.45, 7) is 9.94. The molecule has 18 heavy (non-hydrogen) atoms. The van der Waals surface area contributed by atoms with E-state index in [2.05, 4.69) is 24.2 Å². The van der Waals surface area contributed by atoms with Gasteiger partial charge in [-0.2, -0.15) is 0 Å². The summed E-state index contributed by atoms with van der Waals surface area (Å²) in [6, 6.07) is -0.195. The highest BCUT2D eigenvalue weighted by molar-refractivity contribution is 8.14. The maximum absolute atomic E-state index is 11.9. The van der Waals surface area contributed by atoms with Crippen molar-refractivity contribution in [3.8, 4) is 0 Å². The van der Waals surface area contributed by atoms with Crippen LogP contribution in [0.3, 0.4) is 0 Å². The molecule has 0 aromatic heterocycles. The topological polar surface area (TPSA) is 44.7 Å². The maximum Gasteiger partial charge on any atom is 0.244 e. The number of thioether (sulfide) groups is 1. The van der Waals surface area contributed by atoms with E-state index < -0.39 is 0 Å². The first-order valence-electron chi connectivity index (χ1n) is 6.66. The summed E-state index contributed by atoms with van der Waals surface area (Å²) < 4.78 is 0. The predicted octanol–water partition coefficient (Wildman–Crippen LogP) is 1.96. The molecule has 4 nitrogen and oxygen atoms in total. The van der Waals surface area contributed by atoms with E-state index in [4.69, 9.17) is 0 Å². The fourth-order valence-corrected chi connectivity index (χ4v) is 3.22. The molecule has 2 unspecified atom stereocenters. The van der Waals surface area contributed by atoms with Crippen LogP contribution in [0.25, 0.3) is 0 Å². The Bertz CT molecular complexity index is 317. The molecule has 1 rings (SSSR count). The summed E-state index contributed by atoms with van der Waals surface area (Å²) in [5.74, 6) is 0.815. The molecule has 0 aromatic rings. The number of rotatable bonds is 5. The van der Waals surface area contributed by atoms with Gasteiger partial charge in [0.25, 0.3) is 0 Å². The number of aliphatic imine (C=N–C) groups is 1. The smallest absolute Gasteiger partial charge is 0.244 e. The molecule has 0 saturated carbocycles. The molecule has 1 aliphatic rings. The van der Waals surface area contributed by atoms with Gasteiger partial charge < -0.3 is 10.2 Å². The fourth-order valence-electron chi connectivity index (χ4n) is 1.88. The molecule has 1 N–H and O–H groups in total. The quantitative estimate of drug-likeness (QED) is 0.831. The van der Waals surface area contributed by atoms with Gasteiger partial charge in [0, 0.05) is 18.8 Å². The number of carbonyl (C=O) groups excluding carboxylic acids is 1. The molecule has 0 aromatic carbocycles. The minimum Gasteiger partial charge on any atom is -0.353 e. The monoisotopic (exact) mass is 271 g/mol. The standard InChI is InChI=1S/C13H25N3OS/c1-6-16(5)12(17)10(4)15-13-14-8-11(18-13)7-9(2)3/h9-11H,6-8H2,1-5H3,(H,14,15). The largest absolute Gasteiger partial charge is 0.353 e. The van der Waals surface area contributed by atoms with Gasteiger partial charge in [-0.3, -0.25) is 9.79 Å². The van der Waals surface area contributed by atoms with E-state index in [-0.39, 0.29) is 11.9 Å². The van der Waals surface area contributed by atoms with E-state index in [0.29, 0.717) is 11.2 Å². The molecule has 1 aliphatic heterocycles. The molecular weight excluding hydrogens is 246 g/mol. The minimum atomic E-state index is -0.195. The highest BCUT2D eigenvalue weighted by Crippen LogP contribution is 2.25. The molecule has 2 atom stereocenters. The van der Waals surface area contributed by atoms with Gasteiger partial charge in [0.2, 0.25) is 5.91 Å². The molecule has 0 saturated heterocycles. The van der Waals surface area contributed by atoms with Gasteiger partial charge in [-0.1, -0.05) is 25.6 Å². The first kappa shape index (κ1) is 15.3. The van der Waals surface area contributed by atoms with Gasteiger partial charge in [-0.15, -0.1) is 0 Å². The number of hydrogen-bond donors (Lipinski definition) is 1. The first-order chi connectivity index (χ1) is 8.43. The molecule has 1 heterocycles. The SMILES string of the molecule is CCN(C)C(=O)C(C)NC1=NCC(CC(C)C)S1. The van der Waals surface area contributed by atoms with Crippen LogP contribution >= 0.6 is 11.8 Å². The van der Waals surface area contributed by atoms with Crippen LogP contribution < -0.4 is 5.32 Å². The van der Waals surface area contributed by atoms with E-state index in [9.17, 15) is 4.79 Å². The number of amidine groups is 1. The molecule has 0 radical (unpaired) electrons. The molecule has 0 fully saturated rings. The Morgan fingerprint density at radius 2 is 2.22 bits per heavy atom. The van der Waals surface area contributed by atoms with Crippen LogP contribution in [0.15, 0.2) is 4.99 Å². The summed E-state index contributed by atoms with van der Waals surface area (Å²) in [7, 11) is 1.83. The van der Waals surface area contributed by atoms with Crippen LogP contribution in [-0.4, -0.2) is 47.4 Å². The summed E-state index contributed by atoms with van der Waals surface area (Å²) in [4.78, 5) is 18.1. The van der Waals surface area contributed by atoms with Gasteiger partial charge in [0.05, 0.1) is 6.54 Å².